The number of benzene rings is 2. The number of aryl methyl sites for hydroxylation is 1. The van der Waals surface area contributed by atoms with Crippen molar-refractivity contribution in [3.8, 4) is 5.75 Å². The first kappa shape index (κ1) is 24.1. The van der Waals surface area contributed by atoms with E-state index < -0.39 is 10.0 Å². The Labute approximate surface area is 191 Å². The fraction of sp³-hybridized carbons (Fsp3) is 0.458. The van der Waals surface area contributed by atoms with E-state index in [4.69, 9.17) is 4.74 Å². The lowest BCUT2D eigenvalue weighted by atomic mass is 10.1. The van der Waals surface area contributed by atoms with Crippen LogP contribution < -0.4 is 9.64 Å². The number of sulfonamides is 1. The molecule has 1 fully saturated rings. The average molecular weight is 460 g/mol. The summed E-state index contributed by atoms with van der Waals surface area (Å²) in [5, 5.41) is 0. The summed E-state index contributed by atoms with van der Waals surface area (Å²) < 4.78 is 32.8. The third-order valence-electron chi connectivity index (χ3n) is 5.99. The molecule has 0 radical (unpaired) electrons. The Morgan fingerprint density at radius 1 is 1.00 bits per heavy atom. The second-order valence-electron chi connectivity index (χ2n) is 7.92. The Balaban J connectivity index is 1.63. The smallest absolute Gasteiger partial charge is 0.243 e. The molecule has 7 nitrogen and oxygen atoms in total. The molecule has 1 aliphatic rings. The molecule has 2 aromatic rings. The van der Waals surface area contributed by atoms with Crippen molar-refractivity contribution in [1.29, 1.82) is 0 Å². The van der Waals surface area contributed by atoms with E-state index in [0.717, 1.165) is 13.1 Å². The molecule has 3 rings (SSSR count). The van der Waals surface area contributed by atoms with E-state index in [1.54, 1.807) is 24.0 Å². The Hall–Kier alpha value is -2.58. The van der Waals surface area contributed by atoms with Crippen molar-refractivity contribution in [1.82, 2.24) is 9.21 Å². The van der Waals surface area contributed by atoms with Gasteiger partial charge in [0.2, 0.25) is 15.9 Å². The summed E-state index contributed by atoms with van der Waals surface area (Å²) in [6, 6.07) is 12.6. The molecule has 1 saturated heterocycles. The zero-order valence-electron chi connectivity index (χ0n) is 19.4. The minimum Gasteiger partial charge on any atom is -0.494 e. The highest BCUT2D eigenvalue weighted by Gasteiger charge is 2.29. The van der Waals surface area contributed by atoms with Crippen LogP contribution in [0, 0.1) is 13.8 Å². The first-order chi connectivity index (χ1) is 15.3. The van der Waals surface area contributed by atoms with Crippen LogP contribution in [0.15, 0.2) is 47.4 Å². The molecule has 174 valence electrons. The number of hydrogen-bond donors (Lipinski definition) is 0. The molecule has 1 amide bonds. The van der Waals surface area contributed by atoms with Gasteiger partial charge in [-0.3, -0.25) is 4.79 Å². The molecule has 0 spiro atoms. The number of hydrogen-bond acceptors (Lipinski definition) is 5. The Morgan fingerprint density at radius 3 is 2.25 bits per heavy atom. The number of carbonyl (C=O) groups excluding carboxylic acids is 1. The Morgan fingerprint density at radius 2 is 1.66 bits per heavy atom. The van der Waals surface area contributed by atoms with Gasteiger partial charge < -0.3 is 14.5 Å². The second kappa shape index (κ2) is 10.4. The third kappa shape index (κ3) is 5.24. The Kier molecular flexibility index (Phi) is 7.79. The largest absolute Gasteiger partial charge is 0.494 e. The van der Waals surface area contributed by atoms with Crippen molar-refractivity contribution in [3.63, 3.8) is 0 Å². The quantitative estimate of drug-likeness (QED) is 0.607. The number of ether oxygens (including phenoxy) is 1. The van der Waals surface area contributed by atoms with Crippen molar-refractivity contribution in [3.05, 3.63) is 53.6 Å². The van der Waals surface area contributed by atoms with E-state index in [1.807, 2.05) is 6.92 Å². The van der Waals surface area contributed by atoms with Crippen molar-refractivity contribution in [2.24, 2.45) is 0 Å². The predicted molar refractivity (Wildman–Crippen MR) is 127 cm³/mol. The fourth-order valence-electron chi connectivity index (χ4n) is 3.92. The zero-order valence-corrected chi connectivity index (χ0v) is 20.2. The lowest BCUT2D eigenvalue weighted by molar-refractivity contribution is -0.131. The van der Waals surface area contributed by atoms with Gasteiger partial charge in [0.25, 0.3) is 0 Å². The van der Waals surface area contributed by atoms with Gasteiger partial charge >= 0.3 is 0 Å². The highest BCUT2D eigenvalue weighted by Crippen LogP contribution is 2.24. The van der Waals surface area contributed by atoms with E-state index in [1.165, 1.54) is 33.3 Å². The maximum Gasteiger partial charge on any atom is 0.243 e. The van der Waals surface area contributed by atoms with Crippen LogP contribution in [0.3, 0.4) is 0 Å². The number of anilines is 1. The van der Waals surface area contributed by atoms with Crippen LogP contribution in [-0.4, -0.2) is 69.4 Å². The van der Waals surface area contributed by atoms with Crippen LogP contribution >= 0.6 is 0 Å². The molecule has 0 saturated carbocycles. The SMILES string of the molecule is CCOc1ccc(S(=O)(=O)N(CC)CC(=O)N2CCN(c3cccc(C)c3C)CC2)cc1. The molecule has 8 heteroatoms. The van der Waals surface area contributed by atoms with E-state index >= 15 is 0 Å². The molecule has 32 heavy (non-hydrogen) atoms. The fourth-order valence-corrected chi connectivity index (χ4v) is 5.31. The van der Waals surface area contributed by atoms with Crippen LogP contribution in [0.4, 0.5) is 5.69 Å². The molecule has 1 aliphatic heterocycles. The van der Waals surface area contributed by atoms with Crippen molar-refractivity contribution in [2.45, 2.75) is 32.6 Å². The van der Waals surface area contributed by atoms with E-state index in [-0.39, 0.29) is 23.9 Å². The summed E-state index contributed by atoms with van der Waals surface area (Å²) in [5.41, 5.74) is 3.70. The summed E-state index contributed by atoms with van der Waals surface area (Å²) in [7, 11) is -3.76. The van der Waals surface area contributed by atoms with Crippen molar-refractivity contribution >= 4 is 21.6 Å². The number of amides is 1. The van der Waals surface area contributed by atoms with E-state index in [2.05, 4.69) is 36.9 Å². The molecule has 0 bridgehead atoms. The summed E-state index contributed by atoms with van der Waals surface area (Å²) in [5.74, 6) is 0.453. The van der Waals surface area contributed by atoms with Gasteiger partial charge in [-0.05, 0) is 62.2 Å². The summed E-state index contributed by atoms with van der Waals surface area (Å²) in [4.78, 5) is 17.1. The van der Waals surface area contributed by atoms with Crippen molar-refractivity contribution < 1.29 is 17.9 Å². The molecule has 0 atom stereocenters. The van der Waals surface area contributed by atoms with Crippen LogP contribution in [0.5, 0.6) is 5.75 Å². The topological polar surface area (TPSA) is 70.2 Å². The average Bonchev–Trinajstić information content (AvgIpc) is 2.79. The Bertz CT molecular complexity index is 1030. The molecule has 0 N–H and O–H groups in total. The molecular weight excluding hydrogens is 426 g/mol. The molecular formula is C24H33N3O4S. The highest BCUT2D eigenvalue weighted by molar-refractivity contribution is 7.89. The van der Waals surface area contributed by atoms with Crippen LogP contribution in [-0.2, 0) is 14.8 Å². The number of carbonyl (C=O) groups is 1. The molecule has 0 aromatic heterocycles. The van der Waals surface area contributed by atoms with Crippen LogP contribution in [0.1, 0.15) is 25.0 Å². The number of nitrogens with zero attached hydrogens (tertiary/aromatic N) is 3. The predicted octanol–water partition coefficient (Wildman–Crippen LogP) is 3.06. The van der Waals surface area contributed by atoms with Gasteiger partial charge in [-0.2, -0.15) is 4.31 Å². The van der Waals surface area contributed by atoms with Gasteiger partial charge in [-0.15, -0.1) is 0 Å². The zero-order chi connectivity index (χ0) is 23.3. The first-order valence-corrected chi connectivity index (χ1v) is 12.5. The number of piperazine rings is 1. The molecule has 2 aromatic carbocycles. The van der Waals surface area contributed by atoms with Gasteiger partial charge in [-0.25, -0.2) is 8.42 Å². The maximum atomic E-state index is 13.1. The van der Waals surface area contributed by atoms with Gasteiger partial charge in [0.05, 0.1) is 18.0 Å². The van der Waals surface area contributed by atoms with E-state index in [9.17, 15) is 13.2 Å². The molecule has 0 aliphatic carbocycles. The van der Waals surface area contributed by atoms with Crippen LogP contribution in [0.2, 0.25) is 0 Å². The summed E-state index contributed by atoms with van der Waals surface area (Å²) in [6.45, 7) is 11.0. The summed E-state index contributed by atoms with van der Waals surface area (Å²) in [6.07, 6.45) is 0. The number of rotatable bonds is 8. The molecule has 1 heterocycles. The van der Waals surface area contributed by atoms with Gasteiger partial charge in [0.1, 0.15) is 5.75 Å². The van der Waals surface area contributed by atoms with Crippen LogP contribution in [0.25, 0.3) is 0 Å². The first-order valence-electron chi connectivity index (χ1n) is 11.1. The number of likely N-dealkylation sites (N-methyl/N-ethyl adjacent to an activating group) is 1. The van der Waals surface area contributed by atoms with Gasteiger partial charge in [0.15, 0.2) is 0 Å². The van der Waals surface area contributed by atoms with Gasteiger partial charge in [0, 0.05) is 38.4 Å². The highest BCUT2D eigenvalue weighted by atomic mass is 32.2. The minimum absolute atomic E-state index is 0.157. The molecule has 0 unspecified atom stereocenters. The summed E-state index contributed by atoms with van der Waals surface area (Å²) >= 11 is 0. The second-order valence-corrected chi connectivity index (χ2v) is 9.86. The van der Waals surface area contributed by atoms with Crippen molar-refractivity contribution in [2.75, 3.05) is 50.8 Å². The lowest BCUT2D eigenvalue weighted by Crippen LogP contribution is -2.52. The third-order valence-corrected chi connectivity index (χ3v) is 7.92. The minimum atomic E-state index is -3.76. The standard InChI is InChI=1S/C24H33N3O4S/c1-5-27(32(29,30)22-12-10-21(11-13-22)31-6-2)18-24(28)26-16-14-25(15-17-26)23-9-7-8-19(3)20(23)4/h7-13H,5-6,14-18H2,1-4H3. The lowest BCUT2D eigenvalue weighted by Gasteiger charge is -2.37. The normalized spacial score (nSPS) is 14.7. The van der Waals surface area contributed by atoms with Gasteiger partial charge in [-0.1, -0.05) is 19.1 Å². The van der Waals surface area contributed by atoms with E-state index in [0.29, 0.717) is 25.4 Å². The monoisotopic (exact) mass is 459 g/mol. The maximum absolute atomic E-state index is 13.1.